The topological polar surface area (TPSA) is 95.8 Å². The van der Waals surface area contributed by atoms with Crippen molar-refractivity contribution < 1.29 is 8.42 Å². The molecular weight excluding hydrogens is 430 g/mol. The Bertz CT molecular complexity index is 1440. The molecule has 7 nitrogen and oxygen atoms in total. The van der Waals surface area contributed by atoms with Gasteiger partial charge in [0.05, 0.1) is 33.0 Å². The molecule has 0 atom stereocenters. The molecular formula is C22H17N5O2S2. The van der Waals surface area contributed by atoms with E-state index in [0.717, 1.165) is 33.2 Å². The second-order valence-corrected chi connectivity index (χ2v) is 9.36. The van der Waals surface area contributed by atoms with Gasteiger partial charge in [-0.1, -0.05) is 24.3 Å². The number of nitrogens with two attached hydrogens (primary N) is 1. The normalized spacial score (nSPS) is 11.6. The van der Waals surface area contributed by atoms with Gasteiger partial charge in [-0.05, 0) is 53.9 Å². The third-order valence-corrected chi connectivity index (χ3v) is 6.61. The highest BCUT2D eigenvalue weighted by molar-refractivity contribution is 7.89. The van der Waals surface area contributed by atoms with Crippen molar-refractivity contribution in [3.63, 3.8) is 0 Å². The highest BCUT2D eigenvalue weighted by Gasteiger charge is 2.16. The van der Waals surface area contributed by atoms with E-state index in [1.165, 1.54) is 12.1 Å². The molecule has 0 aliphatic heterocycles. The Kier molecular flexibility index (Phi) is 4.78. The Morgan fingerprint density at radius 1 is 0.903 bits per heavy atom. The maximum Gasteiger partial charge on any atom is 0.238 e. The highest BCUT2D eigenvalue weighted by atomic mass is 32.2. The van der Waals surface area contributed by atoms with E-state index in [9.17, 15) is 8.42 Å². The predicted molar refractivity (Wildman–Crippen MR) is 121 cm³/mol. The molecule has 31 heavy (non-hydrogen) atoms. The SMILES string of the molecule is NS(=O)(=O)c1ccc(-n2nc(-c3cccs3)cc2-c2cnn(-c3ccccc3)c2)cc1. The molecule has 0 fully saturated rings. The van der Waals surface area contributed by atoms with E-state index < -0.39 is 10.0 Å². The van der Waals surface area contributed by atoms with Gasteiger partial charge >= 0.3 is 0 Å². The molecule has 2 N–H and O–H groups in total. The van der Waals surface area contributed by atoms with Crippen molar-refractivity contribution in [3.8, 4) is 33.2 Å². The van der Waals surface area contributed by atoms with Crippen molar-refractivity contribution in [3.05, 3.63) is 90.6 Å². The number of hydrogen-bond donors (Lipinski definition) is 1. The molecule has 0 bridgehead atoms. The smallest absolute Gasteiger partial charge is 0.238 e. The monoisotopic (exact) mass is 447 g/mol. The van der Waals surface area contributed by atoms with Crippen LogP contribution >= 0.6 is 11.3 Å². The molecule has 0 saturated carbocycles. The van der Waals surface area contributed by atoms with Crippen LogP contribution in [0.5, 0.6) is 0 Å². The second-order valence-electron chi connectivity index (χ2n) is 6.85. The van der Waals surface area contributed by atoms with E-state index >= 15 is 0 Å². The lowest BCUT2D eigenvalue weighted by Gasteiger charge is -2.07. The maximum absolute atomic E-state index is 11.6. The largest absolute Gasteiger partial charge is 0.240 e. The fraction of sp³-hybridized carbons (Fsp3) is 0. The van der Waals surface area contributed by atoms with Crippen LogP contribution in [0.2, 0.25) is 0 Å². The molecule has 9 heteroatoms. The number of rotatable bonds is 5. The molecule has 0 aliphatic rings. The number of hydrogen-bond acceptors (Lipinski definition) is 5. The first-order chi connectivity index (χ1) is 15.0. The fourth-order valence-corrected chi connectivity index (χ4v) is 4.48. The van der Waals surface area contributed by atoms with Gasteiger partial charge in [-0.15, -0.1) is 11.3 Å². The Hall–Kier alpha value is -3.53. The van der Waals surface area contributed by atoms with Crippen LogP contribution in [0, 0.1) is 0 Å². The van der Waals surface area contributed by atoms with Crippen molar-refractivity contribution in [1.82, 2.24) is 19.6 Å². The van der Waals surface area contributed by atoms with Crippen LogP contribution in [-0.4, -0.2) is 28.0 Å². The molecule has 0 spiro atoms. The highest BCUT2D eigenvalue weighted by Crippen LogP contribution is 2.31. The minimum Gasteiger partial charge on any atom is -0.240 e. The zero-order valence-corrected chi connectivity index (χ0v) is 17.8. The van der Waals surface area contributed by atoms with Gasteiger partial charge in [-0.3, -0.25) is 0 Å². The summed E-state index contributed by atoms with van der Waals surface area (Å²) < 4.78 is 26.8. The van der Waals surface area contributed by atoms with Crippen molar-refractivity contribution in [2.24, 2.45) is 5.14 Å². The summed E-state index contributed by atoms with van der Waals surface area (Å²) in [4.78, 5) is 1.09. The Balaban J connectivity index is 1.62. The first-order valence-corrected chi connectivity index (χ1v) is 11.8. The number of thiophene rings is 1. The molecule has 0 amide bonds. The quantitative estimate of drug-likeness (QED) is 0.439. The number of sulfonamides is 1. The number of benzene rings is 2. The zero-order valence-electron chi connectivity index (χ0n) is 16.2. The standard InChI is InChI=1S/C22H17N5O2S2/c23-31(28,29)19-10-8-18(9-11-19)27-21(13-20(25-27)22-7-4-12-30-22)16-14-24-26(15-16)17-5-2-1-3-6-17/h1-15H,(H2,23,28,29). The molecule has 2 aromatic carbocycles. The molecule has 0 radical (unpaired) electrons. The fourth-order valence-electron chi connectivity index (χ4n) is 3.28. The lowest BCUT2D eigenvalue weighted by molar-refractivity contribution is 0.598. The molecule has 3 heterocycles. The summed E-state index contributed by atoms with van der Waals surface area (Å²) >= 11 is 1.60. The van der Waals surface area contributed by atoms with E-state index in [4.69, 9.17) is 10.2 Å². The average molecular weight is 448 g/mol. The van der Waals surface area contributed by atoms with Gasteiger partial charge in [0.2, 0.25) is 10.0 Å². The molecule has 5 aromatic rings. The second kappa shape index (κ2) is 7.62. The van der Waals surface area contributed by atoms with Crippen LogP contribution in [0.4, 0.5) is 0 Å². The number of aromatic nitrogens is 4. The Morgan fingerprint density at radius 3 is 2.35 bits per heavy atom. The summed E-state index contributed by atoms with van der Waals surface area (Å²) in [6, 6.07) is 22.2. The third-order valence-electron chi connectivity index (χ3n) is 4.79. The van der Waals surface area contributed by atoms with Gasteiger partial charge in [0.15, 0.2) is 0 Å². The number of nitrogens with zero attached hydrogens (tertiary/aromatic N) is 4. The molecule has 0 saturated heterocycles. The van der Waals surface area contributed by atoms with E-state index in [-0.39, 0.29) is 4.90 Å². The van der Waals surface area contributed by atoms with Crippen LogP contribution < -0.4 is 5.14 Å². The van der Waals surface area contributed by atoms with Crippen LogP contribution in [0.25, 0.3) is 33.2 Å². The van der Waals surface area contributed by atoms with Crippen molar-refractivity contribution in [2.75, 3.05) is 0 Å². The summed E-state index contributed by atoms with van der Waals surface area (Å²) in [7, 11) is -3.76. The molecule has 5 rings (SSSR count). The lowest BCUT2D eigenvalue weighted by Crippen LogP contribution is -2.12. The lowest BCUT2D eigenvalue weighted by atomic mass is 10.2. The van der Waals surface area contributed by atoms with Gasteiger partial charge in [0.1, 0.15) is 5.69 Å². The van der Waals surface area contributed by atoms with Gasteiger partial charge in [-0.25, -0.2) is 22.9 Å². The van der Waals surface area contributed by atoms with Gasteiger partial charge in [0, 0.05) is 11.8 Å². The van der Waals surface area contributed by atoms with Crippen LogP contribution in [0.3, 0.4) is 0 Å². The van der Waals surface area contributed by atoms with Crippen LogP contribution in [0.15, 0.2) is 95.5 Å². The number of primary sulfonamides is 1. The molecule has 3 aromatic heterocycles. The Morgan fingerprint density at radius 2 is 1.68 bits per heavy atom. The van der Waals surface area contributed by atoms with E-state index in [1.54, 1.807) is 34.3 Å². The van der Waals surface area contributed by atoms with Crippen molar-refractivity contribution in [2.45, 2.75) is 4.90 Å². The number of para-hydroxylation sites is 1. The van der Waals surface area contributed by atoms with E-state index in [2.05, 4.69) is 5.10 Å². The van der Waals surface area contributed by atoms with E-state index in [0.29, 0.717) is 0 Å². The summed E-state index contributed by atoms with van der Waals surface area (Å²) in [6.45, 7) is 0. The molecule has 0 aliphatic carbocycles. The predicted octanol–water partition coefficient (Wildman–Crippen LogP) is 4.10. The molecule has 154 valence electrons. The zero-order chi connectivity index (χ0) is 21.4. The first kappa shape index (κ1) is 19.4. The van der Waals surface area contributed by atoms with Crippen molar-refractivity contribution >= 4 is 21.4 Å². The molecule has 0 unspecified atom stereocenters. The average Bonchev–Trinajstić information content (AvgIpc) is 3.54. The first-order valence-electron chi connectivity index (χ1n) is 9.37. The van der Waals surface area contributed by atoms with E-state index in [1.807, 2.05) is 64.8 Å². The van der Waals surface area contributed by atoms with Gasteiger partial charge in [-0.2, -0.15) is 10.2 Å². The third kappa shape index (κ3) is 3.81. The van der Waals surface area contributed by atoms with Crippen LogP contribution in [0.1, 0.15) is 0 Å². The van der Waals surface area contributed by atoms with Gasteiger partial charge < -0.3 is 0 Å². The minimum atomic E-state index is -3.76. The van der Waals surface area contributed by atoms with Gasteiger partial charge in [0.25, 0.3) is 0 Å². The minimum absolute atomic E-state index is 0.0559. The Labute approximate surface area is 183 Å². The maximum atomic E-state index is 11.6. The summed E-state index contributed by atoms with van der Waals surface area (Å²) in [6.07, 6.45) is 3.73. The summed E-state index contributed by atoms with van der Waals surface area (Å²) in [5, 5.41) is 16.5. The summed E-state index contributed by atoms with van der Waals surface area (Å²) in [5.74, 6) is 0. The van der Waals surface area contributed by atoms with Crippen LogP contribution in [-0.2, 0) is 10.0 Å². The summed E-state index contributed by atoms with van der Waals surface area (Å²) in [5.41, 5.74) is 4.23. The van der Waals surface area contributed by atoms with Crippen molar-refractivity contribution in [1.29, 1.82) is 0 Å².